The summed E-state index contributed by atoms with van der Waals surface area (Å²) in [4.78, 5) is 12.5. The largest absolute Gasteiger partial charge is 0.393 e. The van der Waals surface area contributed by atoms with Crippen LogP contribution in [0, 0.1) is 40.3 Å². The number of halogens is 1. The van der Waals surface area contributed by atoms with Crippen LogP contribution in [0.25, 0.3) is 0 Å². The average Bonchev–Trinajstić information content (AvgIpc) is 3.09. The summed E-state index contributed by atoms with van der Waals surface area (Å²) >= 11 is 0. The third-order valence-corrected chi connectivity index (χ3v) is 9.78. The van der Waals surface area contributed by atoms with E-state index in [-0.39, 0.29) is 23.2 Å². The Labute approximate surface area is 184 Å². The second-order valence-electron chi connectivity index (χ2n) is 11.1. The Morgan fingerprint density at radius 1 is 1.06 bits per heavy atom. The Hall–Kier alpha value is -1.75. The number of benzene rings is 1. The van der Waals surface area contributed by atoms with Gasteiger partial charge >= 0.3 is 0 Å². The molecular weight excluding hydrogens is 391 g/mol. The standard InChI is InChI=1S/C26H35FN2O2/c1-25-13-11-19(30)15-17(25)5-8-20-21-9-10-23(26(21,2)14-12-22(20)25)28-29-24(31)16-3-6-18(27)7-4-16/h3-4,6-7,17,19-22,30H,5,8-15H2,1-2H3,(H,29,31)/b28-23-. The van der Waals surface area contributed by atoms with Crippen LogP contribution in [0.15, 0.2) is 29.4 Å². The lowest BCUT2D eigenvalue weighted by atomic mass is 9.45. The number of aliphatic hydroxyl groups is 1. The summed E-state index contributed by atoms with van der Waals surface area (Å²) < 4.78 is 13.1. The number of aliphatic hydroxyl groups excluding tert-OH is 1. The first-order chi connectivity index (χ1) is 14.8. The minimum Gasteiger partial charge on any atom is -0.393 e. The summed E-state index contributed by atoms with van der Waals surface area (Å²) in [6.07, 6.45) is 10.0. The van der Waals surface area contributed by atoms with E-state index in [1.807, 2.05) is 0 Å². The van der Waals surface area contributed by atoms with E-state index >= 15 is 0 Å². The fraction of sp³-hybridized carbons (Fsp3) is 0.692. The molecular formula is C26H35FN2O2. The van der Waals surface area contributed by atoms with Gasteiger partial charge in [0.2, 0.25) is 0 Å². The Balaban J connectivity index is 1.32. The number of fused-ring (bicyclic) bond motifs is 5. The molecule has 0 radical (unpaired) electrons. The first kappa shape index (κ1) is 21.1. The van der Waals surface area contributed by atoms with Crippen LogP contribution in [-0.4, -0.2) is 22.8 Å². The summed E-state index contributed by atoms with van der Waals surface area (Å²) in [6, 6.07) is 5.60. The molecule has 0 aromatic heterocycles. The molecule has 5 rings (SSSR count). The molecule has 0 heterocycles. The number of nitrogens with one attached hydrogen (secondary N) is 1. The number of hydrogen-bond acceptors (Lipinski definition) is 3. The average molecular weight is 427 g/mol. The lowest BCUT2D eigenvalue weighted by Gasteiger charge is -2.60. The predicted octanol–water partition coefficient (Wildman–Crippen LogP) is 5.32. The molecule has 4 fully saturated rings. The number of hydrazone groups is 1. The topological polar surface area (TPSA) is 61.7 Å². The number of carbonyl (C=O) groups is 1. The van der Waals surface area contributed by atoms with Crippen molar-refractivity contribution in [2.24, 2.45) is 39.6 Å². The highest BCUT2D eigenvalue weighted by molar-refractivity contribution is 5.97. The van der Waals surface area contributed by atoms with Crippen molar-refractivity contribution >= 4 is 11.6 Å². The van der Waals surface area contributed by atoms with Gasteiger partial charge in [-0.15, -0.1) is 0 Å². The van der Waals surface area contributed by atoms with Crippen molar-refractivity contribution in [3.05, 3.63) is 35.6 Å². The second kappa shape index (κ2) is 7.68. The highest BCUT2D eigenvalue weighted by Gasteiger charge is 2.59. The Morgan fingerprint density at radius 3 is 2.61 bits per heavy atom. The molecule has 4 aliphatic carbocycles. The van der Waals surface area contributed by atoms with Gasteiger partial charge in [-0.05, 0) is 111 Å². The van der Waals surface area contributed by atoms with Crippen molar-refractivity contribution in [3.8, 4) is 0 Å². The monoisotopic (exact) mass is 426 g/mol. The summed E-state index contributed by atoms with van der Waals surface area (Å²) in [6.45, 7) is 4.87. The van der Waals surface area contributed by atoms with Crippen LogP contribution in [0.5, 0.6) is 0 Å². The SMILES string of the molecule is CC12CCC3C(CCC4CC(O)CCC43C)C1CC/C2=N/NC(=O)c1ccc(F)cc1. The molecule has 4 aliphatic rings. The quantitative estimate of drug-likeness (QED) is 0.629. The fourth-order valence-electron chi connectivity index (χ4n) is 7.99. The molecule has 0 bridgehead atoms. The predicted molar refractivity (Wildman–Crippen MR) is 119 cm³/mol. The molecule has 4 saturated carbocycles. The van der Waals surface area contributed by atoms with E-state index in [0.29, 0.717) is 22.8 Å². The molecule has 0 aliphatic heterocycles. The van der Waals surface area contributed by atoms with Gasteiger partial charge in [-0.2, -0.15) is 5.10 Å². The molecule has 1 aromatic rings. The van der Waals surface area contributed by atoms with Crippen LogP contribution >= 0.6 is 0 Å². The van der Waals surface area contributed by atoms with Gasteiger partial charge in [-0.25, -0.2) is 9.82 Å². The van der Waals surface area contributed by atoms with Gasteiger partial charge in [0.1, 0.15) is 5.82 Å². The van der Waals surface area contributed by atoms with Crippen LogP contribution in [-0.2, 0) is 0 Å². The third-order valence-electron chi connectivity index (χ3n) is 9.78. The highest BCUT2D eigenvalue weighted by Crippen LogP contribution is 2.65. The van der Waals surface area contributed by atoms with Crippen LogP contribution in [0.2, 0.25) is 0 Å². The normalized spacial score (nSPS) is 43.1. The number of amides is 1. The molecule has 31 heavy (non-hydrogen) atoms. The zero-order valence-electron chi connectivity index (χ0n) is 18.7. The van der Waals surface area contributed by atoms with Crippen molar-refractivity contribution in [1.29, 1.82) is 0 Å². The lowest BCUT2D eigenvalue weighted by Crippen LogP contribution is -2.54. The molecule has 2 N–H and O–H groups in total. The Morgan fingerprint density at radius 2 is 1.84 bits per heavy atom. The van der Waals surface area contributed by atoms with Gasteiger partial charge < -0.3 is 5.11 Å². The smallest absolute Gasteiger partial charge is 0.271 e. The first-order valence-corrected chi connectivity index (χ1v) is 12.1. The van der Waals surface area contributed by atoms with Crippen LogP contribution in [0.1, 0.15) is 82.0 Å². The van der Waals surface area contributed by atoms with E-state index in [2.05, 4.69) is 24.4 Å². The van der Waals surface area contributed by atoms with Crippen LogP contribution < -0.4 is 5.43 Å². The molecule has 7 atom stereocenters. The Bertz CT molecular complexity index is 884. The Kier molecular flexibility index (Phi) is 5.23. The molecule has 4 nitrogen and oxygen atoms in total. The maximum Gasteiger partial charge on any atom is 0.271 e. The molecule has 1 aromatic carbocycles. The highest BCUT2D eigenvalue weighted by atomic mass is 19.1. The van der Waals surface area contributed by atoms with Crippen molar-refractivity contribution < 1.29 is 14.3 Å². The number of carbonyl (C=O) groups excluding carboxylic acids is 1. The number of nitrogens with zero attached hydrogens (tertiary/aromatic N) is 1. The first-order valence-electron chi connectivity index (χ1n) is 12.1. The molecule has 168 valence electrons. The fourth-order valence-corrected chi connectivity index (χ4v) is 7.99. The van der Waals surface area contributed by atoms with Gasteiger partial charge in [0, 0.05) is 16.7 Å². The van der Waals surface area contributed by atoms with E-state index in [1.54, 1.807) is 0 Å². The zero-order valence-corrected chi connectivity index (χ0v) is 18.7. The molecule has 1 amide bonds. The summed E-state index contributed by atoms with van der Waals surface area (Å²) in [5, 5.41) is 14.8. The van der Waals surface area contributed by atoms with Gasteiger partial charge in [-0.1, -0.05) is 13.8 Å². The van der Waals surface area contributed by atoms with Crippen molar-refractivity contribution in [1.82, 2.24) is 5.43 Å². The van der Waals surface area contributed by atoms with Gasteiger partial charge in [0.15, 0.2) is 0 Å². The number of rotatable bonds is 2. The summed E-state index contributed by atoms with van der Waals surface area (Å²) in [7, 11) is 0. The lowest BCUT2D eigenvalue weighted by molar-refractivity contribution is -0.113. The summed E-state index contributed by atoms with van der Waals surface area (Å²) in [5.74, 6) is 2.17. The number of hydrogen-bond donors (Lipinski definition) is 2. The van der Waals surface area contributed by atoms with Gasteiger partial charge in [0.25, 0.3) is 5.91 Å². The van der Waals surface area contributed by atoms with Crippen LogP contribution in [0.3, 0.4) is 0 Å². The maximum absolute atomic E-state index is 13.1. The molecule has 0 spiro atoms. The van der Waals surface area contributed by atoms with Gasteiger partial charge in [0.05, 0.1) is 6.10 Å². The summed E-state index contributed by atoms with van der Waals surface area (Å²) in [5.41, 5.74) is 4.75. The van der Waals surface area contributed by atoms with Gasteiger partial charge in [-0.3, -0.25) is 4.79 Å². The zero-order chi connectivity index (χ0) is 21.8. The van der Waals surface area contributed by atoms with Crippen molar-refractivity contribution in [2.75, 3.05) is 0 Å². The van der Waals surface area contributed by atoms with E-state index in [9.17, 15) is 14.3 Å². The van der Waals surface area contributed by atoms with Crippen molar-refractivity contribution in [3.63, 3.8) is 0 Å². The van der Waals surface area contributed by atoms with E-state index < -0.39 is 0 Å². The second-order valence-corrected chi connectivity index (χ2v) is 11.1. The van der Waals surface area contributed by atoms with E-state index in [0.717, 1.165) is 56.1 Å². The molecule has 7 unspecified atom stereocenters. The van der Waals surface area contributed by atoms with E-state index in [4.69, 9.17) is 0 Å². The third kappa shape index (κ3) is 3.44. The minimum atomic E-state index is -0.346. The minimum absolute atomic E-state index is 0.0641. The van der Waals surface area contributed by atoms with Crippen LogP contribution in [0.4, 0.5) is 4.39 Å². The van der Waals surface area contributed by atoms with E-state index in [1.165, 1.54) is 43.5 Å². The maximum atomic E-state index is 13.1. The molecule has 5 heteroatoms. The van der Waals surface area contributed by atoms with Crippen molar-refractivity contribution in [2.45, 2.75) is 77.7 Å². The molecule has 0 saturated heterocycles.